The van der Waals surface area contributed by atoms with Crippen LogP contribution < -0.4 is 10.1 Å². The van der Waals surface area contributed by atoms with Crippen molar-refractivity contribution >= 4 is 28.3 Å². The SMILES string of the molecule is CCN(Cc1ccccc1)C(=O)c1csc(NC(=O)c2ccc(OC)cc2)n1. The predicted octanol–water partition coefficient (Wildman–Crippen LogP) is 4.07. The molecule has 0 atom stereocenters. The Morgan fingerprint density at radius 3 is 2.46 bits per heavy atom. The zero-order chi connectivity index (χ0) is 19.9. The molecule has 0 spiro atoms. The Bertz CT molecular complexity index is 939. The van der Waals surface area contributed by atoms with Gasteiger partial charge in [0.2, 0.25) is 0 Å². The zero-order valence-corrected chi connectivity index (χ0v) is 16.5. The molecule has 0 bridgehead atoms. The fourth-order valence-electron chi connectivity index (χ4n) is 2.63. The van der Waals surface area contributed by atoms with Crippen LogP contribution in [0.25, 0.3) is 0 Å². The van der Waals surface area contributed by atoms with Gasteiger partial charge in [-0.25, -0.2) is 4.98 Å². The van der Waals surface area contributed by atoms with Crippen molar-refractivity contribution in [1.29, 1.82) is 0 Å². The largest absolute Gasteiger partial charge is 0.497 e. The first-order chi connectivity index (χ1) is 13.6. The van der Waals surface area contributed by atoms with Crippen molar-refractivity contribution < 1.29 is 14.3 Å². The van der Waals surface area contributed by atoms with Crippen molar-refractivity contribution in [3.8, 4) is 5.75 Å². The third-order valence-corrected chi connectivity index (χ3v) is 4.94. The highest BCUT2D eigenvalue weighted by atomic mass is 32.1. The first-order valence-corrected chi connectivity index (χ1v) is 9.72. The molecular formula is C21H21N3O3S. The Kier molecular flexibility index (Phi) is 6.39. The van der Waals surface area contributed by atoms with Crippen LogP contribution in [0.5, 0.6) is 5.75 Å². The van der Waals surface area contributed by atoms with Gasteiger partial charge in [0.15, 0.2) is 5.13 Å². The molecule has 1 N–H and O–H groups in total. The Hall–Kier alpha value is -3.19. The van der Waals surface area contributed by atoms with Gasteiger partial charge in [0.05, 0.1) is 7.11 Å². The van der Waals surface area contributed by atoms with E-state index in [9.17, 15) is 9.59 Å². The van der Waals surface area contributed by atoms with E-state index in [-0.39, 0.29) is 11.8 Å². The summed E-state index contributed by atoms with van der Waals surface area (Å²) in [5.41, 5.74) is 1.87. The number of hydrogen-bond acceptors (Lipinski definition) is 5. The molecule has 2 aromatic carbocycles. The number of hydrogen-bond donors (Lipinski definition) is 1. The maximum absolute atomic E-state index is 12.8. The Morgan fingerprint density at radius 1 is 1.11 bits per heavy atom. The predicted molar refractivity (Wildman–Crippen MR) is 110 cm³/mol. The van der Waals surface area contributed by atoms with Crippen LogP contribution in [0, 0.1) is 0 Å². The second kappa shape index (κ2) is 9.14. The minimum absolute atomic E-state index is 0.160. The average Bonchev–Trinajstić information content (AvgIpc) is 3.20. The Labute approximate surface area is 167 Å². The van der Waals surface area contributed by atoms with Crippen LogP contribution in [0.4, 0.5) is 5.13 Å². The number of rotatable bonds is 7. The summed E-state index contributed by atoms with van der Waals surface area (Å²) in [6, 6.07) is 16.6. The molecule has 0 unspecified atom stereocenters. The third kappa shape index (κ3) is 4.75. The molecule has 0 fully saturated rings. The molecule has 0 aliphatic heterocycles. The van der Waals surface area contributed by atoms with Crippen LogP contribution in [0.1, 0.15) is 33.3 Å². The van der Waals surface area contributed by atoms with Crippen molar-refractivity contribution in [1.82, 2.24) is 9.88 Å². The highest BCUT2D eigenvalue weighted by Gasteiger charge is 2.18. The second-order valence-electron chi connectivity index (χ2n) is 6.03. The number of carbonyl (C=O) groups excluding carboxylic acids is 2. The molecular weight excluding hydrogens is 374 g/mol. The fourth-order valence-corrected chi connectivity index (χ4v) is 3.31. The standard InChI is InChI=1S/C21H21N3O3S/c1-3-24(13-15-7-5-4-6-8-15)20(26)18-14-28-21(22-18)23-19(25)16-9-11-17(27-2)12-10-16/h4-12,14H,3,13H2,1-2H3,(H,22,23,25). The second-order valence-corrected chi connectivity index (χ2v) is 6.88. The summed E-state index contributed by atoms with van der Waals surface area (Å²) < 4.78 is 5.09. The molecule has 144 valence electrons. The van der Waals surface area contributed by atoms with Gasteiger partial charge < -0.3 is 9.64 Å². The number of ether oxygens (including phenoxy) is 1. The topological polar surface area (TPSA) is 71.5 Å². The lowest BCUT2D eigenvalue weighted by molar-refractivity contribution is 0.0747. The number of nitrogens with one attached hydrogen (secondary N) is 1. The molecule has 0 aliphatic rings. The molecule has 1 heterocycles. The number of amides is 2. The summed E-state index contributed by atoms with van der Waals surface area (Å²) in [6.07, 6.45) is 0. The van der Waals surface area contributed by atoms with E-state index in [0.29, 0.717) is 35.2 Å². The van der Waals surface area contributed by atoms with Crippen LogP contribution in [0.15, 0.2) is 60.0 Å². The molecule has 3 aromatic rings. The van der Waals surface area contributed by atoms with E-state index in [1.54, 1.807) is 41.7 Å². The fraction of sp³-hybridized carbons (Fsp3) is 0.190. The van der Waals surface area contributed by atoms with Crippen molar-refractivity contribution in [3.63, 3.8) is 0 Å². The van der Waals surface area contributed by atoms with Gasteiger partial charge in [-0.05, 0) is 36.8 Å². The molecule has 7 heteroatoms. The normalized spacial score (nSPS) is 10.4. The summed E-state index contributed by atoms with van der Waals surface area (Å²) in [5, 5.41) is 4.79. The van der Waals surface area contributed by atoms with Crippen LogP contribution in [-0.2, 0) is 6.54 Å². The molecule has 3 rings (SSSR count). The lowest BCUT2D eigenvalue weighted by Crippen LogP contribution is -2.30. The lowest BCUT2D eigenvalue weighted by atomic mass is 10.2. The molecule has 1 aromatic heterocycles. The van der Waals surface area contributed by atoms with Crippen LogP contribution >= 0.6 is 11.3 Å². The number of carbonyl (C=O) groups is 2. The highest BCUT2D eigenvalue weighted by Crippen LogP contribution is 2.19. The molecule has 0 radical (unpaired) electrons. The van der Waals surface area contributed by atoms with E-state index < -0.39 is 0 Å². The maximum Gasteiger partial charge on any atom is 0.273 e. The quantitative estimate of drug-likeness (QED) is 0.655. The molecule has 0 aliphatic carbocycles. The van der Waals surface area contributed by atoms with Gasteiger partial charge in [0.25, 0.3) is 11.8 Å². The van der Waals surface area contributed by atoms with Crippen molar-refractivity contribution in [3.05, 3.63) is 76.8 Å². The van der Waals surface area contributed by atoms with Crippen molar-refractivity contribution in [2.75, 3.05) is 19.0 Å². The van der Waals surface area contributed by atoms with Gasteiger partial charge in [0.1, 0.15) is 11.4 Å². The van der Waals surface area contributed by atoms with E-state index in [0.717, 1.165) is 5.56 Å². The summed E-state index contributed by atoms with van der Waals surface area (Å²) in [7, 11) is 1.57. The van der Waals surface area contributed by atoms with Gasteiger partial charge in [0, 0.05) is 24.0 Å². The van der Waals surface area contributed by atoms with Gasteiger partial charge in [-0.1, -0.05) is 30.3 Å². The summed E-state index contributed by atoms with van der Waals surface area (Å²) in [4.78, 5) is 31.1. The van der Waals surface area contributed by atoms with E-state index in [1.165, 1.54) is 11.3 Å². The number of benzene rings is 2. The molecule has 2 amide bonds. The van der Waals surface area contributed by atoms with Crippen molar-refractivity contribution in [2.24, 2.45) is 0 Å². The number of thiazole rings is 1. The molecule has 0 saturated heterocycles. The van der Waals surface area contributed by atoms with E-state index >= 15 is 0 Å². The Balaban J connectivity index is 1.66. The van der Waals surface area contributed by atoms with Gasteiger partial charge >= 0.3 is 0 Å². The van der Waals surface area contributed by atoms with Gasteiger partial charge in [-0.3, -0.25) is 14.9 Å². The van der Waals surface area contributed by atoms with E-state index in [4.69, 9.17) is 4.74 Å². The Morgan fingerprint density at radius 2 is 1.82 bits per heavy atom. The first-order valence-electron chi connectivity index (χ1n) is 8.85. The van der Waals surface area contributed by atoms with Crippen LogP contribution in [0.2, 0.25) is 0 Å². The minimum atomic E-state index is -0.285. The number of methoxy groups -OCH3 is 1. The number of anilines is 1. The van der Waals surface area contributed by atoms with E-state index in [1.807, 2.05) is 37.3 Å². The van der Waals surface area contributed by atoms with Crippen LogP contribution in [-0.4, -0.2) is 35.4 Å². The van der Waals surface area contributed by atoms with Crippen molar-refractivity contribution in [2.45, 2.75) is 13.5 Å². The van der Waals surface area contributed by atoms with E-state index in [2.05, 4.69) is 10.3 Å². The summed E-state index contributed by atoms with van der Waals surface area (Å²) in [6.45, 7) is 3.01. The minimum Gasteiger partial charge on any atom is -0.497 e. The highest BCUT2D eigenvalue weighted by molar-refractivity contribution is 7.14. The van der Waals surface area contributed by atoms with Gasteiger partial charge in [-0.2, -0.15) is 0 Å². The maximum atomic E-state index is 12.8. The average molecular weight is 395 g/mol. The summed E-state index contributed by atoms with van der Waals surface area (Å²) in [5.74, 6) is 0.233. The molecule has 0 saturated carbocycles. The number of aromatic nitrogens is 1. The molecule has 28 heavy (non-hydrogen) atoms. The third-order valence-electron chi connectivity index (χ3n) is 4.18. The first kappa shape index (κ1) is 19.6. The smallest absolute Gasteiger partial charge is 0.273 e. The van der Waals surface area contributed by atoms with Crippen LogP contribution in [0.3, 0.4) is 0 Å². The summed E-state index contributed by atoms with van der Waals surface area (Å²) >= 11 is 1.23. The zero-order valence-electron chi connectivity index (χ0n) is 15.7. The van der Waals surface area contributed by atoms with Gasteiger partial charge in [-0.15, -0.1) is 11.3 Å². The monoisotopic (exact) mass is 395 g/mol. The molecule has 6 nitrogen and oxygen atoms in total. The number of nitrogens with zero attached hydrogens (tertiary/aromatic N) is 2. The lowest BCUT2D eigenvalue weighted by Gasteiger charge is -2.19.